The zero-order valence-electron chi connectivity index (χ0n) is 64.1. The van der Waals surface area contributed by atoms with E-state index in [9.17, 15) is 48.7 Å². The van der Waals surface area contributed by atoms with E-state index in [1.807, 2.05) is 69.4 Å². The lowest BCUT2D eigenvalue weighted by molar-refractivity contribution is -0.159. The molecule has 6 fully saturated rings. The molecule has 0 unspecified atom stereocenters. The number of piperidine rings is 1. The molecule has 5 aliphatic heterocycles. The van der Waals surface area contributed by atoms with Gasteiger partial charge in [0.05, 0.1) is 47.4 Å². The number of nitrogens with two attached hydrogens (primary N) is 3. The number of ether oxygens (including phenoxy) is 4. The zero-order chi connectivity index (χ0) is 79.5. The van der Waals surface area contributed by atoms with E-state index in [1.165, 1.54) is 22.0 Å². The molecule has 7 atom stereocenters. The van der Waals surface area contributed by atoms with Crippen molar-refractivity contribution in [3.05, 3.63) is 138 Å². The summed E-state index contributed by atoms with van der Waals surface area (Å²) in [5, 5.41) is 41.6. The van der Waals surface area contributed by atoms with Crippen LogP contribution in [0.2, 0.25) is 0 Å². The van der Waals surface area contributed by atoms with Crippen LogP contribution in [0.5, 0.6) is 17.5 Å². The van der Waals surface area contributed by atoms with Gasteiger partial charge < -0.3 is 81.3 Å². The SMILES string of the molecule is CC(C)[C@@H](C(=O)N1C[C@H](O)C[C@H]1C(=O)N[C@@H](C)c1ccc(C#N)cc1)c1cc(OCCN2CCC(OC3CC(Oc4cc(N5[C@@H]6CC[C@@H]5CN(c5cc(-c7ccccc7OCc7ccc(NC(=O)[C@H](CCCNC(N)=O)N(CCCCCN8C(=O)C=CC8=O)C(=O)C8(C(N)=O)CCC8)cc7)nnc5N)C6)ccn4)C3)CC2)no1. The van der Waals surface area contributed by atoms with Gasteiger partial charge in [0.25, 0.3) is 17.7 Å². The summed E-state index contributed by atoms with van der Waals surface area (Å²) in [6.07, 6.45) is 11.9. The Hall–Kier alpha value is -11.2. The number of fused-ring (bicyclic) bond motifs is 2. The fourth-order valence-electron chi connectivity index (χ4n) is 16.5. The average Bonchev–Trinajstić information content (AvgIpc) is 1.64. The first-order valence-electron chi connectivity index (χ1n) is 39.4. The number of carbonyl (C=O) groups is 8. The number of nitrogens with zero attached hydrogens (tertiary/aromatic N) is 11. The molecule has 113 heavy (non-hydrogen) atoms. The number of piperazine rings is 1. The third-order valence-corrected chi connectivity index (χ3v) is 23.0. The molecular weight excluding hydrogens is 1450 g/mol. The van der Waals surface area contributed by atoms with Gasteiger partial charge in [-0.1, -0.05) is 56.7 Å². The van der Waals surface area contributed by atoms with Crippen LogP contribution in [0.1, 0.15) is 151 Å². The standard InChI is InChI=1S/C82H101N17O14/c1-50(2)74(78(105)98-48-59(100)40-67(98)77(104)89-51(3)54-18-14-52(45-83)15-19-54)69-44-71(93-113-69)109-38-37-94-35-27-60(28-36-94)111-61-41-62(42-61)112-70-39-56(26-32-87-70)99-57-22-23-58(99)47-95(46-57)66-43-64(91-92-75(66)84)63-11-5-6-13-68(63)110-49-53-16-20-55(21-17-53)90-76(103)65(12-9-31-88-81(86)108)96(80(107)82(79(85)106)29-10-30-82)33-7-4-8-34-97-72(101)24-25-73(97)102/h5-6,11,13-21,24-26,32,39,43-44,50-51,57-62,65,67,74,100H,4,7-10,12,22-23,27-31,33-38,40-42,46-49H2,1-3H3,(H2,84,92)(H2,85,106)(H,89,104)(H,90,103)(H3,86,88,108)/t51-,57+,58+,59+,61?,62?,65-,67-,74+/m0/s1. The molecule has 0 spiro atoms. The third-order valence-electron chi connectivity index (χ3n) is 23.0. The topological polar surface area (TPSA) is 416 Å². The molecule has 3 aromatic carbocycles. The van der Waals surface area contributed by atoms with Crippen molar-refractivity contribution >= 4 is 70.3 Å². The van der Waals surface area contributed by atoms with E-state index in [0.717, 1.165) is 84.6 Å². The smallest absolute Gasteiger partial charge is 0.312 e. The van der Waals surface area contributed by atoms with Gasteiger partial charge in [0.1, 0.15) is 48.5 Å². The number of hydrogen-bond acceptors (Lipinski definition) is 23. The Bertz CT molecular complexity index is 4450. The van der Waals surface area contributed by atoms with Crippen molar-refractivity contribution in [3.63, 3.8) is 0 Å². The number of rotatable bonds is 35. The van der Waals surface area contributed by atoms with Gasteiger partial charge in [-0.05, 0) is 148 Å². The Labute approximate surface area is 656 Å². The number of nitrogen functional groups attached to an aromatic ring is 1. The van der Waals surface area contributed by atoms with Crippen LogP contribution >= 0.6 is 0 Å². The van der Waals surface area contributed by atoms with Crippen LogP contribution in [0.3, 0.4) is 0 Å². The van der Waals surface area contributed by atoms with Crippen LogP contribution in [0.15, 0.2) is 120 Å². The minimum absolute atomic E-state index is 0.00966. The second-order valence-corrected chi connectivity index (χ2v) is 31.0. The molecule has 8 heterocycles. The number of likely N-dealkylation sites (tertiary alicyclic amines) is 2. The number of nitriles is 1. The first kappa shape index (κ1) is 79.8. The monoisotopic (exact) mass is 1550 g/mol. The van der Waals surface area contributed by atoms with Gasteiger partial charge in [-0.3, -0.25) is 43.4 Å². The van der Waals surface area contributed by atoms with Crippen molar-refractivity contribution in [2.45, 2.75) is 184 Å². The molecule has 13 rings (SSSR count). The summed E-state index contributed by atoms with van der Waals surface area (Å²) >= 11 is 0. The molecule has 4 saturated heterocycles. The largest absolute Gasteiger partial charge is 0.488 e. The fraction of sp³-hybridized carbons (Fsp3) is 0.500. The average molecular weight is 1550 g/mol. The number of benzene rings is 3. The number of β-amino-alcohol motifs (C(OH)–C–C–N with tert-alkyl or cyclic N) is 1. The van der Waals surface area contributed by atoms with E-state index in [0.29, 0.717) is 92.1 Å². The first-order chi connectivity index (χ1) is 54.6. The molecule has 2 saturated carbocycles. The lowest BCUT2D eigenvalue weighted by Crippen LogP contribution is -2.59. The molecule has 7 aliphatic rings. The molecule has 9 amide bonds. The second kappa shape index (κ2) is 36.1. The fourth-order valence-corrected chi connectivity index (χ4v) is 16.5. The maximum Gasteiger partial charge on any atom is 0.312 e. The molecule has 6 aromatic rings. The highest BCUT2D eigenvalue weighted by atomic mass is 16.5. The number of aliphatic hydroxyl groups excluding tert-OH is 1. The number of nitrogens with one attached hydrogen (secondary N) is 3. The highest BCUT2D eigenvalue weighted by Gasteiger charge is 2.53. The number of aromatic nitrogens is 4. The number of para-hydroxylation sites is 1. The maximum atomic E-state index is 14.5. The summed E-state index contributed by atoms with van der Waals surface area (Å²) in [6.45, 7) is 10.4. The minimum Gasteiger partial charge on any atom is -0.488 e. The van der Waals surface area contributed by atoms with E-state index in [1.54, 1.807) is 42.5 Å². The van der Waals surface area contributed by atoms with Gasteiger partial charge in [-0.25, -0.2) is 9.78 Å². The van der Waals surface area contributed by atoms with Crippen molar-refractivity contribution < 1.29 is 66.9 Å². The van der Waals surface area contributed by atoms with Crippen LogP contribution < -0.4 is 57.2 Å². The Balaban J connectivity index is 0.549. The Kier molecular flexibility index (Phi) is 25.5. The number of primary amides is 2. The number of pyridine rings is 1. The van der Waals surface area contributed by atoms with Crippen LogP contribution in [0, 0.1) is 22.7 Å². The molecule has 31 nitrogen and oxygen atoms in total. The van der Waals surface area contributed by atoms with Crippen LogP contribution in [0.25, 0.3) is 11.3 Å². The van der Waals surface area contributed by atoms with Gasteiger partial charge >= 0.3 is 6.03 Å². The van der Waals surface area contributed by atoms with Gasteiger partial charge in [0, 0.05) is 138 Å². The van der Waals surface area contributed by atoms with Crippen LogP contribution in [-0.2, 0) is 44.9 Å². The lowest BCUT2D eigenvalue weighted by atomic mass is 9.67. The summed E-state index contributed by atoms with van der Waals surface area (Å²) in [5.41, 5.74) is 22.1. The molecule has 598 valence electrons. The predicted octanol–water partition coefficient (Wildman–Crippen LogP) is 6.80. The quantitative estimate of drug-likeness (QED) is 0.0122. The zero-order valence-corrected chi connectivity index (χ0v) is 64.1. The maximum absolute atomic E-state index is 14.5. The summed E-state index contributed by atoms with van der Waals surface area (Å²) in [7, 11) is 0. The number of hydrogen-bond donors (Lipinski definition) is 7. The van der Waals surface area contributed by atoms with Crippen molar-refractivity contribution in [2.75, 3.05) is 86.4 Å². The van der Waals surface area contributed by atoms with E-state index in [-0.39, 0.29) is 131 Å². The number of amides is 9. The van der Waals surface area contributed by atoms with Crippen LogP contribution in [-0.4, -0.2) is 207 Å². The van der Waals surface area contributed by atoms with Crippen molar-refractivity contribution in [2.24, 2.45) is 22.8 Å². The van der Waals surface area contributed by atoms with Crippen molar-refractivity contribution in [3.8, 4) is 34.8 Å². The molecular formula is C82H101N17O14. The van der Waals surface area contributed by atoms with Crippen molar-refractivity contribution in [1.29, 1.82) is 5.26 Å². The first-order valence-corrected chi connectivity index (χ1v) is 39.4. The van der Waals surface area contributed by atoms with Gasteiger partial charge in [0.2, 0.25) is 35.4 Å². The van der Waals surface area contributed by atoms with Crippen LogP contribution in [0.4, 0.5) is 27.7 Å². The number of anilines is 4. The van der Waals surface area contributed by atoms with Gasteiger partial charge in [-0.2, -0.15) is 5.26 Å². The summed E-state index contributed by atoms with van der Waals surface area (Å²) < 4.78 is 31.4. The summed E-state index contributed by atoms with van der Waals surface area (Å²) in [6, 6.07) is 28.8. The third kappa shape index (κ3) is 18.9. The predicted molar refractivity (Wildman–Crippen MR) is 416 cm³/mol. The van der Waals surface area contributed by atoms with Gasteiger partial charge in [-0.15, -0.1) is 10.2 Å². The second-order valence-electron chi connectivity index (χ2n) is 31.0. The minimum atomic E-state index is -1.46. The molecule has 2 aliphatic carbocycles. The number of urea groups is 1. The molecule has 3 aromatic heterocycles. The van der Waals surface area contributed by atoms with E-state index < -0.39 is 59.3 Å². The number of aliphatic hydroxyl groups is 1. The highest BCUT2D eigenvalue weighted by molar-refractivity contribution is 6.13. The van der Waals surface area contributed by atoms with E-state index >= 15 is 0 Å². The number of unbranched alkanes of at least 4 members (excludes halogenated alkanes) is 2. The number of imide groups is 1. The molecule has 10 N–H and O–H groups in total. The van der Waals surface area contributed by atoms with Crippen molar-refractivity contribution in [1.82, 2.24) is 50.6 Å². The van der Waals surface area contributed by atoms with E-state index in [4.69, 9.17) is 40.7 Å². The molecule has 2 bridgehead atoms. The Morgan fingerprint density at radius 3 is 2.22 bits per heavy atom. The Morgan fingerprint density at radius 2 is 1.53 bits per heavy atom. The highest BCUT2D eigenvalue weighted by Crippen LogP contribution is 2.45. The lowest BCUT2D eigenvalue weighted by Gasteiger charge is -2.43. The summed E-state index contributed by atoms with van der Waals surface area (Å²) in [5.74, 6) is -2.18. The Morgan fingerprint density at radius 1 is 0.796 bits per heavy atom. The molecule has 0 radical (unpaired) electrons. The normalized spacial score (nSPS) is 21.4. The molecule has 31 heteroatoms. The van der Waals surface area contributed by atoms with Gasteiger partial charge in [0.15, 0.2) is 11.6 Å². The van der Waals surface area contributed by atoms with E-state index in [2.05, 4.69) is 69.2 Å². The number of carbonyl (C=O) groups excluding carboxylic acids is 8. The summed E-state index contributed by atoms with van der Waals surface area (Å²) in [4.78, 5) is 121.